The van der Waals surface area contributed by atoms with E-state index in [1.54, 1.807) is 0 Å². The van der Waals surface area contributed by atoms with Crippen molar-refractivity contribution in [3.63, 3.8) is 0 Å². The van der Waals surface area contributed by atoms with Crippen molar-refractivity contribution < 1.29 is 0 Å². The Morgan fingerprint density at radius 3 is 1.64 bits per heavy atom. The van der Waals surface area contributed by atoms with Gasteiger partial charge in [0.2, 0.25) is 0 Å². The summed E-state index contributed by atoms with van der Waals surface area (Å²) in [6, 6.07) is 8.84. The van der Waals surface area contributed by atoms with Crippen molar-refractivity contribution in [1.82, 2.24) is 0 Å². The maximum absolute atomic E-state index is 6.34. The van der Waals surface area contributed by atoms with Crippen LogP contribution in [-0.4, -0.2) is 6.04 Å². The Morgan fingerprint density at radius 2 is 1.29 bits per heavy atom. The number of hydrogen-bond acceptors (Lipinski definition) is 1. The van der Waals surface area contributed by atoms with E-state index in [0.29, 0.717) is 0 Å². The predicted octanol–water partition coefficient (Wildman–Crippen LogP) is 2.58. The van der Waals surface area contributed by atoms with Crippen molar-refractivity contribution in [2.24, 2.45) is 5.73 Å². The van der Waals surface area contributed by atoms with Crippen molar-refractivity contribution >= 4 is 0 Å². The number of hydrogen-bond donors (Lipinski definition) is 1. The number of nitrogens with two attached hydrogens (primary N) is 1. The highest BCUT2D eigenvalue weighted by Crippen LogP contribution is 2.47. The van der Waals surface area contributed by atoms with Crippen molar-refractivity contribution in [2.75, 3.05) is 0 Å². The van der Waals surface area contributed by atoms with Gasteiger partial charge >= 0.3 is 0 Å². The van der Waals surface area contributed by atoms with E-state index < -0.39 is 0 Å². The lowest BCUT2D eigenvalue weighted by Gasteiger charge is -2.32. The van der Waals surface area contributed by atoms with Crippen LogP contribution in [0.1, 0.15) is 38.8 Å². The molecule has 0 bridgehead atoms. The molecule has 0 saturated heterocycles. The van der Waals surface area contributed by atoms with Crippen LogP contribution < -0.4 is 5.73 Å². The van der Waals surface area contributed by atoms with E-state index in [2.05, 4.69) is 52.0 Å². The van der Waals surface area contributed by atoms with Crippen LogP contribution in [0.15, 0.2) is 24.3 Å². The fourth-order valence-electron chi connectivity index (χ4n) is 2.84. The van der Waals surface area contributed by atoms with E-state index in [1.807, 2.05) is 0 Å². The summed E-state index contributed by atoms with van der Waals surface area (Å²) in [4.78, 5) is 0. The third-order valence-electron chi connectivity index (χ3n) is 3.87. The zero-order chi connectivity index (χ0) is 10.6. The zero-order valence-corrected chi connectivity index (χ0v) is 9.46. The van der Waals surface area contributed by atoms with Crippen LogP contribution >= 0.6 is 0 Å². The van der Waals surface area contributed by atoms with E-state index in [-0.39, 0.29) is 16.9 Å². The fourth-order valence-corrected chi connectivity index (χ4v) is 2.84. The molecular weight excluding hydrogens is 170 g/mol. The van der Waals surface area contributed by atoms with Gasteiger partial charge in [-0.15, -0.1) is 0 Å². The Balaban J connectivity index is 2.70. The monoisotopic (exact) mass is 189 g/mol. The molecular formula is C13H19N. The largest absolute Gasteiger partial charge is 0.326 e. The highest BCUT2D eigenvalue weighted by molar-refractivity contribution is 5.47. The quantitative estimate of drug-likeness (QED) is 0.667. The van der Waals surface area contributed by atoms with Crippen LogP contribution in [0.25, 0.3) is 0 Å². The topological polar surface area (TPSA) is 26.0 Å². The Kier molecular flexibility index (Phi) is 1.81. The molecule has 0 amide bonds. The predicted molar refractivity (Wildman–Crippen MR) is 60.5 cm³/mol. The molecule has 76 valence electrons. The second-order valence-electron chi connectivity index (χ2n) is 5.47. The zero-order valence-electron chi connectivity index (χ0n) is 9.46. The minimum Gasteiger partial charge on any atom is -0.326 e. The molecule has 1 aromatic rings. The summed E-state index contributed by atoms with van der Waals surface area (Å²) in [6.07, 6.45) is 0. The van der Waals surface area contributed by atoms with Crippen LogP contribution in [0, 0.1) is 0 Å². The van der Waals surface area contributed by atoms with Crippen molar-refractivity contribution in [3.8, 4) is 0 Å². The molecule has 2 N–H and O–H groups in total. The molecule has 14 heavy (non-hydrogen) atoms. The average Bonchev–Trinajstić information content (AvgIpc) is 2.28. The molecule has 0 radical (unpaired) electrons. The molecule has 1 aliphatic carbocycles. The van der Waals surface area contributed by atoms with Gasteiger partial charge in [-0.3, -0.25) is 0 Å². The fraction of sp³-hybridized carbons (Fsp3) is 0.538. The summed E-state index contributed by atoms with van der Waals surface area (Å²) >= 11 is 0. The van der Waals surface area contributed by atoms with Crippen molar-refractivity contribution in [1.29, 1.82) is 0 Å². The Labute approximate surface area is 86.3 Å². The van der Waals surface area contributed by atoms with E-state index in [4.69, 9.17) is 5.73 Å². The van der Waals surface area contributed by atoms with E-state index >= 15 is 0 Å². The number of fused-ring (bicyclic) bond motifs is 1. The second-order valence-corrected chi connectivity index (χ2v) is 5.47. The first-order valence-electron chi connectivity index (χ1n) is 5.24. The Morgan fingerprint density at radius 1 is 0.929 bits per heavy atom. The van der Waals surface area contributed by atoms with Crippen LogP contribution in [0.5, 0.6) is 0 Å². The molecule has 1 aromatic carbocycles. The SMILES string of the molecule is CC1(C)c2ccccc2C(C)(C)C1N. The van der Waals surface area contributed by atoms with E-state index in [9.17, 15) is 0 Å². The molecule has 0 fully saturated rings. The van der Waals surface area contributed by atoms with Gasteiger partial charge in [-0.25, -0.2) is 0 Å². The van der Waals surface area contributed by atoms with Gasteiger partial charge < -0.3 is 5.73 Å². The van der Waals surface area contributed by atoms with Crippen LogP contribution in [0.3, 0.4) is 0 Å². The normalized spacial score (nSPS) is 23.5. The summed E-state index contributed by atoms with van der Waals surface area (Å²) in [7, 11) is 0. The molecule has 1 aliphatic rings. The van der Waals surface area contributed by atoms with Crippen LogP contribution in [0.4, 0.5) is 0 Å². The molecule has 2 rings (SSSR count). The van der Waals surface area contributed by atoms with Gasteiger partial charge in [-0.1, -0.05) is 52.0 Å². The van der Waals surface area contributed by atoms with Gasteiger partial charge in [0.1, 0.15) is 0 Å². The number of rotatable bonds is 0. The highest BCUT2D eigenvalue weighted by Gasteiger charge is 2.48. The molecule has 0 unspecified atom stereocenters. The van der Waals surface area contributed by atoms with Gasteiger partial charge in [-0.2, -0.15) is 0 Å². The minimum absolute atomic E-state index is 0.0973. The summed E-state index contributed by atoms with van der Waals surface area (Å²) in [5.41, 5.74) is 9.36. The molecule has 1 nitrogen and oxygen atoms in total. The Bertz CT molecular complexity index is 328. The molecule has 0 saturated carbocycles. The smallest absolute Gasteiger partial charge is 0.0224 e. The minimum atomic E-state index is 0.0973. The van der Waals surface area contributed by atoms with Crippen LogP contribution in [-0.2, 0) is 10.8 Å². The third-order valence-corrected chi connectivity index (χ3v) is 3.87. The maximum Gasteiger partial charge on any atom is 0.0224 e. The first kappa shape index (κ1) is 9.72. The lowest BCUT2D eigenvalue weighted by molar-refractivity contribution is 0.330. The van der Waals surface area contributed by atoms with Gasteiger partial charge in [0.25, 0.3) is 0 Å². The van der Waals surface area contributed by atoms with Gasteiger partial charge in [-0.05, 0) is 11.1 Å². The summed E-state index contributed by atoms with van der Waals surface area (Å²) in [5, 5.41) is 0. The molecule has 1 heteroatoms. The average molecular weight is 189 g/mol. The first-order chi connectivity index (χ1) is 6.38. The van der Waals surface area contributed by atoms with Gasteiger partial charge in [0.15, 0.2) is 0 Å². The maximum atomic E-state index is 6.34. The van der Waals surface area contributed by atoms with Gasteiger partial charge in [0.05, 0.1) is 0 Å². The van der Waals surface area contributed by atoms with Gasteiger partial charge in [0, 0.05) is 16.9 Å². The lowest BCUT2D eigenvalue weighted by atomic mass is 9.76. The molecule has 0 spiro atoms. The molecule has 0 aromatic heterocycles. The third kappa shape index (κ3) is 0.992. The summed E-state index contributed by atoms with van der Waals surface area (Å²) in [6.45, 7) is 8.97. The summed E-state index contributed by atoms with van der Waals surface area (Å²) in [5.74, 6) is 0. The number of benzene rings is 1. The van der Waals surface area contributed by atoms with Crippen molar-refractivity contribution in [3.05, 3.63) is 35.4 Å². The van der Waals surface area contributed by atoms with E-state index in [0.717, 1.165) is 0 Å². The highest BCUT2D eigenvalue weighted by atomic mass is 14.8. The van der Waals surface area contributed by atoms with Crippen LogP contribution in [0.2, 0.25) is 0 Å². The van der Waals surface area contributed by atoms with Crippen molar-refractivity contribution in [2.45, 2.75) is 44.6 Å². The molecule has 0 aliphatic heterocycles. The Hall–Kier alpha value is -0.820. The second kappa shape index (κ2) is 2.60. The standard InChI is InChI=1S/C13H19N/c1-12(2)9-7-5-6-8-10(9)13(3,4)11(12)14/h5-8,11H,14H2,1-4H3. The lowest BCUT2D eigenvalue weighted by Crippen LogP contribution is -2.46. The summed E-state index contributed by atoms with van der Waals surface area (Å²) < 4.78 is 0. The van der Waals surface area contributed by atoms with E-state index in [1.165, 1.54) is 11.1 Å². The first-order valence-corrected chi connectivity index (χ1v) is 5.24. The molecule has 0 atom stereocenters. The molecule has 0 heterocycles.